The topological polar surface area (TPSA) is 12.0 Å². The van der Waals surface area contributed by atoms with Crippen molar-refractivity contribution >= 4 is 21.4 Å². The van der Waals surface area contributed by atoms with Crippen molar-refractivity contribution in [2.75, 3.05) is 6.54 Å². The molecule has 2 aromatic carbocycles. The molecule has 2 heteroatoms. The molecule has 1 nitrogen and oxygen atoms in total. The Morgan fingerprint density at radius 2 is 1.90 bits per heavy atom. The van der Waals surface area contributed by atoms with E-state index in [1.54, 1.807) is 0 Å². The van der Waals surface area contributed by atoms with E-state index in [4.69, 9.17) is 0 Å². The Morgan fingerprint density at radius 3 is 2.65 bits per heavy atom. The molecule has 1 atom stereocenters. The molecule has 0 amide bonds. The Kier molecular flexibility index (Phi) is 3.86. The molecule has 3 rings (SSSR count). The van der Waals surface area contributed by atoms with Gasteiger partial charge in [0.2, 0.25) is 0 Å². The third-order valence-electron chi connectivity index (χ3n) is 3.51. The van der Waals surface area contributed by atoms with Gasteiger partial charge in [0.15, 0.2) is 0 Å². The highest BCUT2D eigenvalue weighted by Gasteiger charge is 2.15. The molecule has 1 unspecified atom stereocenters. The second-order valence-electron chi connectivity index (χ2n) is 5.09. The number of nitrogens with one attached hydrogen (secondary N) is 1. The standard InChI is InChI=1S/C18H19NS/c1-3-19-18(15-9-6-7-13(2)11-15)17-12-14-8-4-5-10-16(14)20-17/h4-12,18-19H,3H2,1-2H3. The lowest BCUT2D eigenvalue weighted by molar-refractivity contribution is 0.639. The van der Waals surface area contributed by atoms with Crippen LogP contribution in [0.15, 0.2) is 54.6 Å². The number of benzene rings is 2. The van der Waals surface area contributed by atoms with E-state index in [9.17, 15) is 0 Å². The van der Waals surface area contributed by atoms with Crippen LogP contribution in [0.25, 0.3) is 10.1 Å². The first-order valence-electron chi connectivity index (χ1n) is 7.06. The summed E-state index contributed by atoms with van der Waals surface area (Å²) in [5.41, 5.74) is 2.66. The minimum absolute atomic E-state index is 0.289. The SMILES string of the molecule is CCNC(c1cccc(C)c1)c1cc2ccccc2s1. The van der Waals surface area contributed by atoms with Crippen molar-refractivity contribution in [3.63, 3.8) is 0 Å². The summed E-state index contributed by atoms with van der Waals surface area (Å²) in [7, 11) is 0. The normalized spacial score (nSPS) is 12.7. The molecule has 102 valence electrons. The molecule has 1 aromatic heterocycles. The molecule has 0 radical (unpaired) electrons. The van der Waals surface area contributed by atoms with E-state index in [-0.39, 0.29) is 6.04 Å². The second-order valence-corrected chi connectivity index (χ2v) is 6.21. The van der Waals surface area contributed by atoms with E-state index in [1.165, 1.54) is 26.1 Å². The average molecular weight is 281 g/mol. The molecule has 0 saturated heterocycles. The molecule has 3 aromatic rings. The number of hydrogen-bond acceptors (Lipinski definition) is 2. The number of fused-ring (bicyclic) bond motifs is 1. The minimum Gasteiger partial charge on any atom is -0.306 e. The van der Waals surface area contributed by atoms with E-state index in [2.05, 4.69) is 73.8 Å². The maximum Gasteiger partial charge on any atom is 0.0671 e. The number of hydrogen-bond donors (Lipinski definition) is 1. The average Bonchev–Trinajstić information content (AvgIpc) is 2.88. The molecule has 0 saturated carbocycles. The number of rotatable bonds is 4. The van der Waals surface area contributed by atoms with Gasteiger partial charge in [-0.2, -0.15) is 0 Å². The van der Waals surface area contributed by atoms with Crippen LogP contribution in [0.1, 0.15) is 29.0 Å². The minimum atomic E-state index is 0.289. The Labute approximate surface area is 124 Å². The first-order chi connectivity index (χ1) is 9.78. The van der Waals surface area contributed by atoms with Crippen LogP contribution in [-0.4, -0.2) is 6.54 Å². The molecule has 0 bridgehead atoms. The van der Waals surface area contributed by atoms with Gasteiger partial charge in [0.25, 0.3) is 0 Å². The highest BCUT2D eigenvalue weighted by Crippen LogP contribution is 2.33. The molecule has 0 aliphatic carbocycles. The predicted octanol–water partition coefficient (Wildman–Crippen LogP) is 4.91. The van der Waals surface area contributed by atoms with E-state index < -0.39 is 0 Å². The van der Waals surface area contributed by atoms with Gasteiger partial charge in [-0.15, -0.1) is 11.3 Å². The highest BCUT2D eigenvalue weighted by molar-refractivity contribution is 7.19. The quantitative estimate of drug-likeness (QED) is 0.716. The van der Waals surface area contributed by atoms with Crippen molar-refractivity contribution < 1.29 is 0 Å². The molecule has 20 heavy (non-hydrogen) atoms. The largest absolute Gasteiger partial charge is 0.306 e. The van der Waals surface area contributed by atoms with E-state index in [0.29, 0.717) is 0 Å². The lowest BCUT2D eigenvalue weighted by atomic mass is 10.0. The Morgan fingerprint density at radius 1 is 1.05 bits per heavy atom. The Hall–Kier alpha value is -1.64. The summed E-state index contributed by atoms with van der Waals surface area (Å²) in [5.74, 6) is 0. The van der Waals surface area contributed by atoms with Gasteiger partial charge in [0.05, 0.1) is 6.04 Å². The fraction of sp³-hybridized carbons (Fsp3) is 0.222. The molecular weight excluding hydrogens is 262 g/mol. The Bertz CT molecular complexity index is 681. The molecule has 0 aliphatic rings. The van der Waals surface area contributed by atoms with Crippen molar-refractivity contribution in [1.29, 1.82) is 0 Å². The maximum absolute atomic E-state index is 3.61. The van der Waals surface area contributed by atoms with Crippen LogP contribution in [0.3, 0.4) is 0 Å². The zero-order valence-electron chi connectivity index (χ0n) is 11.9. The summed E-state index contributed by atoms with van der Waals surface area (Å²) in [5, 5.41) is 4.95. The zero-order valence-corrected chi connectivity index (χ0v) is 12.7. The van der Waals surface area contributed by atoms with Gasteiger partial charge < -0.3 is 5.32 Å². The fourth-order valence-corrected chi connectivity index (χ4v) is 3.75. The fourth-order valence-electron chi connectivity index (χ4n) is 2.58. The van der Waals surface area contributed by atoms with Gasteiger partial charge >= 0.3 is 0 Å². The molecular formula is C18H19NS. The lowest BCUT2D eigenvalue weighted by Gasteiger charge is -2.17. The Balaban J connectivity index is 2.05. The lowest BCUT2D eigenvalue weighted by Crippen LogP contribution is -2.21. The van der Waals surface area contributed by atoms with Crippen molar-refractivity contribution in [2.45, 2.75) is 19.9 Å². The second kappa shape index (κ2) is 5.78. The zero-order chi connectivity index (χ0) is 13.9. The predicted molar refractivity (Wildman–Crippen MR) is 88.5 cm³/mol. The molecule has 0 fully saturated rings. The summed E-state index contributed by atoms with van der Waals surface area (Å²) >= 11 is 1.88. The highest BCUT2D eigenvalue weighted by atomic mass is 32.1. The summed E-state index contributed by atoms with van der Waals surface area (Å²) in [6.07, 6.45) is 0. The van der Waals surface area contributed by atoms with Gasteiger partial charge in [0, 0.05) is 9.58 Å². The monoisotopic (exact) mass is 281 g/mol. The van der Waals surface area contributed by atoms with E-state index >= 15 is 0 Å². The summed E-state index contributed by atoms with van der Waals surface area (Å²) in [4.78, 5) is 1.39. The van der Waals surface area contributed by atoms with E-state index in [1.807, 2.05) is 11.3 Å². The molecule has 1 N–H and O–H groups in total. The van der Waals surface area contributed by atoms with Gasteiger partial charge in [-0.05, 0) is 36.6 Å². The third kappa shape index (κ3) is 2.62. The van der Waals surface area contributed by atoms with Crippen molar-refractivity contribution in [3.05, 3.63) is 70.6 Å². The van der Waals surface area contributed by atoms with Crippen LogP contribution < -0.4 is 5.32 Å². The van der Waals surface area contributed by atoms with Crippen molar-refractivity contribution in [1.82, 2.24) is 5.32 Å². The first kappa shape index (κ1) is 13.3. The summed E-state index contributed by atoms with van der Waals surface area (Å²) < 4.78 is 1.36. The summed E-state index contributed by atoms with van der Waals surface area (Å²) in [6.45, 7) is 5.28. The van der Waals surface area contributed by atoms with Gasteiger partial charge in [-0.3, -0.25) is 0 Å². The van der Waals surface area contributed by atoms with Gasteiger partial charge in [-0.25, -0.2) is 0 Å². The number of thiophene rings is 1. The summed E-state index contributed by atoms with van der Waals surface area (Å²) in [6, 6.07) is 20.0. The van der Waals surface area contributed by atoms with Crippen LogP contribution in [-0.2, 0) is 0 Å². The van der Waals surface area contributed by atoms with E-state index in [0.717, 1.165) is 6.54 Å². The van der Waals surface area contributed by atoms with Crippen molar-refractivity contribution in [2.24, 2.45) is 0 Å². The molecule has 0 aliphatic heterocycles. The molecule has 0 spiro atoms. The van der Waals surface area contributed by atoms with Gasteiger partial charge in [0.1, 0.15) is 0 Å². The van der Waals surface area contributed by atoms with Crippen LogP contribution in [0.5, 0.6) is 0 Å². The van der Waals surface area contributed by atoms with Gasteiger partial charge in [-0.1, -0.05) is 55.0 Å². The number of aryl methyl sites for hydroxylation is 1. The maximum atomic E-state index is 3.61. The van der Waals surface area contributed by atoms with Crippen LogP contribution >= 0.6 is 11.3 Å². The van der Waals surface area contributed by atoms with Crippen LogP contribution in [0, 0.1) is 6.92 Å². The third-order valence-corrected chi connectivity index (χ3v) is 4.69. The van der Waals surface area contributed by atoms with Crippen LogP contribution in [0.4, 0.5) is 0 Å². The van der Waals surface area contributed by atoms with Crippen molar-refractivity contribution in [3.8, 4) is 0 Å². The smallest absolute Gasteiger partial charge is 0.0671 e. The van der Waals surface area contributed by atoms with Crippen LogP contribution in [0.2, 0.25) is 0 Å². The first-order valence-corrected chi connectivity index (χ1v) is 7.88. The molecule has 1 heterocycles.